The summed E-state index contributed by atoms with van der Waals surface area (Å²) in [5.41, 5.74) is -0.487. The third kappa shape index (κ3) is 4.03. The number of hydrogen-bond donors (Lipinski definition) is 2. The number of nitrogens with zero attached hydrogens (tertiary/aromatic N) is 1. The SMILES string of the molecule is CC(=O)Nc1ccc(C(=O)N2CC(CO)OC(C)(C)C2)s1. The van der Waals surface area contributed by atoms with Gasteiger partial charge in [0.15, 0.2) is 0 Å². The molecule has 2 amide bonds. The average molecular weight is 312 g/mol. The van der Waals surface area contributed by atoms with E-state index in [0.29, 0.717) is 23.0 Å². The number of anilines is 1. The highest BCUT2D eigenvalue weighted by Gasteiger charge is 2.35. The number of aliphatic hydroxyl groups excluding tert-OH is 1. The largest absolute Gasteiger partial charge is 0.394 e. The van der Waals surface area contributed by atoms with Crippen LogP contribution < -0.4 is 5.32 Å². The molecule has 1 atom stereocenters. The number of rotatable bonds is 3. The normalized spacial score (nSPS) is 21.1. The molecule has 2 heterocycles. The Balaban J connectivity index is 2.11. The lowest BCUT2D eigenvalue weighted by atomic mass is 10.1. The zero-order chi connectivity index (χ0) is 15.6. The summed E-state index contributed by atoms with van der Waals surface area (Å²) < 4.78 is 5.70. The summed E-state index contributed by atoms with van der Waals surface area (Å²) in [6.45, 7) is 5.94. The fraction of sp³-hybridized carbons (Fsp3) is 0.571. The van der Waals surface area contributed by atoms with Crippen molar-refractivity contribution in [2.24, 2.45) is 0 Å². The van der Waals surface area contributed by atoms with E-state index in [1.165, 1.54) is 18.3 Å². The van der Waals surface area contributed by atoms with Gasteiger partial charge in [-0.05, 0) is 26.0 Å². The van der Waals surface area contributed by atoms with Crippen molar-refractivity contribution < 1.29 is 19.4 Å². The Bertz CT molecular complexity index is 541. The number of morpholine rings is 1. The fourth-order valence-corrected chi connectivity index (χ4v) is 3.32. The molecular weight excluding hydrogens is 292 g/mol. The van der Waals surface area contributed by atoms with Gasteiger partial charge in [0.05, 0.1) is 28.2 Å². The first kappa shape index (κ1) is 15.9. The lowest BCUT2D eigenvalue weighted by Crippen LogP contribution is -2.55. The van der Waals surface area contributed by atoms with Crippen molar-refractivity contribution in [3.63, 3.8) is 0 Å². The summed E-state index contributed by atoms with van der Waals surface area (Å²) in [5.74, 6) is -0.268. The second-order valence-corrected chi connectivity index (χ2v) is 6.80. The molecule has 1 aliphatic heterocycles. The molecule has 0 saturated carbocycles. The Kier molecular flexibility index (Phi) is 4.65. The zero-order valence-electron chi connectivity index (χ0n) is 12.4. The molecule has 0 aromatic carbocycles. The van der Waals surface area contributed by atoms with Gasteiger partial charge in [0, 0.05) is 20.0 Å². The Morgan fingerprint density at radius 3 is 2.86 bits per heavy atom. The molecule has 7 heteroatoms. The van der Waals surface area contributed by atoms with Crippen molar-refractivity contribution in [3.05, 3.63) is 17.0 Å². The molecule has 0 spiro atoms. The van der Waals surface area contributed by atoms with Crippen molar-refractivity contribution >= 4 is 28.2 Å². The third-order valence-electron chi connectivity index (χ3n) is 3.09. The maximum Gasteiger partial charge on any atom is 0.264 e. The molecule has 0 radical (unpaired) electrons. The minimum Gasteiger partial charge on any atom is -0.394 e. The molecule has 0 aliphatic carbocycles. The maximum absolute atomic E-state index is 12.5. The molecule has 116 valence electrons. The maximum atomic E-state index is 12.5. The van der Waals surface area contributed by atoms with Crippen molar-refractivity contribution in [1.29, 1.82) is 0 Å². The van der Waals surface area contributed by atoms with E-state index < -0.39 is 5.60 Å². The number of nitrogens with one attached hydrogen (secondary N) is 1. The van der Waals surface area contributed by atoms with Gasteiger partial charge in [-0.1, -0.05) is 0 Å². The van der Waals surface area contributed by atoms with Gasteiger partial charge in [-0.2, -0.15) is 0 Å². The van der Waals surface area contributed by atoms with E-state index in [2.05, 4.69) is 5.32 Å². The molecule has 2 rings (SSSR count). The van der Waals surface area contributed by atoms with Gasteiger partial charge in [0.2, 0.25) is 5.91 Å². The van der Waals surface area contributed by atoms with E-state index in [9.17, 15) is 14.7 Å². The van der Waals surface area contributed by atoms with E-state index in [1.807, 2.05) is 13.8 Å². The summed E-state index contributed by atoms with van der Waals surface area (Å²) >= 11 is 1.25. The first-order chi connectivity index (χ1) is 9.80. The molecule has 6 nitrogen and oxygen atoms in total. The molecule has 2 N–H and O–H groups in total. The molecule has 1 aromatic heterocycles. The minimum absolute atomic E-state index is 0.105. The average Bonchev–Trinajstić information content (AvgIpc) is 2.83. The number of hydrogen-bond acceptors (Lipinski definition) is 5. The number of ether oxygens (including phenoxy) is 1. The van der Waals surface area contributed by atoms with Crippen molar-refractivity contribution in [3.8, 4) is 0 Å². The van der Waals surface area contributed by atoms with E-state index in [0.717, 1.165) is 0 Å². The molecule has 21 heavy (non-hydrogen) atoms. The van der Waals surface area contributed by atoms with Crippen molar-refractivity contribution in [1.82, 2.24) is 4.90 Å². The Morgan fingerprint density at radius 2 is 2.24 bits per heavy atom. The van der Waals surface area contributed by atoms with Crippen LogP contribution in [0.2, 0.25) is 0 Å². The van der Waals surface area contributed by atoms with Crippen LogP contribution in [0.4, 0.5) is 5.00 Å². The van der Waals surface area contributed by atoms with E-state index >= 15 is 0 Å². The highest BCUT2D eigenvalue weighted by atomic mass is 32.1. The number of aliphatic hydroxyl groups is 1. The van der Waals surface area contributed by atoms with Gasteiger partial charge < -0.3 is 20.1 Å². The first-order valence-electron chi connectivity index (χ1n) is 6.76. The van der Waals surface area contributed by atoms with Crippen molar-refractivity contribution in [2.45, 2.75) is 32.5 Å². The number of carbonyl (C=O) groups is 2. The van der Waals surface area contributed by atoms with Crippen LogP contribution in [0.3, 0.4) is 0 Å². The molecule has 1 unspecified atom stereocenters. The van der Waals surface area contributed by atoms with Gasteiger partial charge in [-0.25, -0.2) is 0 Å². The van der Waals surface area contributed by atoms with Gasteiger partial charge in [-0.15, -0.1) is 11.3 Å². The monoisotopic (exact) mass is 312 g/mol. The quantitative estimate of drug-likeness (QED) is 0.882. The standard InChI is InChI=1S/C14H20N2O4S/c1-9(18)15-12-5-4-11(21-12)13(19)16-6-10(7-17)20-14(2,3)8-16/h4-5,10,17H,6-8H2,1-3H3,(H,15,18). The van der Waals surface area contributed by atoms with Crippen LogP contribution in [-0.2, 0) is 9.53 Å². The second kappa shape index (κ2) is 6.13. The second-order valence-electron chi connectivity index (χ2n) is 5.71. The molecule has 1 saturated heterocycles. The van der Waals surface area contributed by atoms with Crippen LogP contribution in [0.5, 0.6) is 0 Å². The van der Waals surface area contributed by atoms with Crippen LogP contribution >= 0.6 is 11.3 Å². The van der Waals surface area contributed by atoms with Gasteiger partial charge in [0.25, 0.3) is 5.91 Å². The molecule has 1 aromatic rings. The van der Waals surface area contributed by atoms with Gasteiger partial charge in [-0.3, -0.25) is 9.59 Å². The van der Waals surface area contributed by atoms with E-state index in [-0.39, 0.29) is 24.5 Å². The van der Waals surface area contributed by atoms with E-state index in [1.54, 1.807) is 17.0 Å². The summed E-state index contributed by atoms with van der Waals surface area (Å²) in [5, 5.41) is 12.6. The number of amides is 2. The predicted molar refractivity (Wildman–Crippen MR) is 80.6 cm³/mol. The summed E-state index contributed by atoms with van der Waals surface area (Å²) in [7, 11) is 0. The predicted octanol–water partition coefficient (Wildman–Crippen LogP) is 1.32. The van der Waals surface area contributed by atoms with Gasteiger partial charge >= 0.3 is 0 Å². The molecule has 0 bridgehead atoms. The third-order valence-corrected chi connectivity index (χ3v) is 4.08. The molecule has 1 fully saturated rings. The van der Waals surface area contributed by atoms with Crippen LogP contribution in [0.1, 0.15) is 30.4 Å². The van der Waals surface area contributed by atoms with Crippen LogP contribution in [0.15, 0.2) is 12.1 Å². The first-order valence-corrected chi connectivity index (χ1v) is 7.58. The lowest BCUT2D eigenvalue weighted by Gasteiger charge is -2.42. The summed E-state index contributed by atoms with van der Waals surface area (Å²) in [4.78, 5) is 25.8. The highest BCUT2D eigenvalue weighted by Crippen LogP contribution is 2.27. The smallest absolute Gasteiger partial charge is 0.264 e. The van der Waals surface area contributed by atoms with Gasteiger partial charge in [0.1, 0.15) is 0 Å². The fourth-order valence-electron chi connectivity index (χ4n) is 2.39. The highest BCUT2D eigenvalue weighted by molar-refractivity contribution is 7.18. The van der Waals surface area contributed by atoms with Crippen LogP contribution in [0, 0.1) is 0 Å². The lowest BCUT2D eigenvalue weighted by molar-refractivity contribution is -0.139. The minimum atomic E-state index is -0.487. The topological polar surface area (TPSA) is 78.9 Å². The molecule has 1 aliphatic rings. The number of thiophene rings is 1. The summed E-state index contributed by atoms with van der Waals surface area (Å²) in [6.07, 6.45) is -0.368. The van der Waals surface area contributed by atoms with Crippen LogP contribution in [0.25, 0.3) is 0 Å². The Hall–Kier alpha value is -1.44. The number of carbonyl (C=O) groups excluding carboxylic acids is 2. The summed E-state index contributed by atoms with van der Waals surface area (Å²) in [6, 6.07) is 3.42. The van der Waals surface area contributed by atoms with E-state index in [4.69, 9.17) is 4.74 Å². The van der Waals surface area contributed by atoms with Crippen molar-refractivity contribution in [2.75, 3.05) is 25.0 Å². The van der Waals surface area contributed by atoms with Crippen LogP contribution in [-0.4, -0.2) is 53.2 Å². The molecular formula is C14H20N2O4S. The zero-order valence-corrected chi connectivity index (χ0v) is 13.2. The Morgan fingerprint density at radius 1 is 1.52 bits per heavy atom. The Labute approximate surface area is 127 Å².